The number of carbonyl (C=O) groups is 1. The Balaban J connectivity index is 1.64. The summed E-state index contributed by atoms with van der Waals surface area (Å²) in [6, 6.07) is 12.7. The molecule has 0 bridgehead atoms. The molecular weight excluding hydrogens is 454 g/mol. The van der Waals surface area contributed by atoms with Gasteiger partial charge < -0.3 is 14.4 Å². The zero-order chi connectivity index (χ0) is 24.7. The Morgan fingerprint density at radius 2 is 1.59 bits per heavy atom. The molecule has 0 spiro atoms. The van der Waals surface area contributed by atoms with Gasteiger partial charge in [0.25, 0.3) is 5.91 Å². The van der Waals surface area contributed by atoms with Gasteiger partial charge >= 0.3 is 0 Å². The molecule has 1 aliphatic heterocycles. The zero-order valence-corrected chi connectivity index (χ0v) is 21.3. The van der Waals surface area contributed by atoms with Crippen LogP contribution >= 0.6 is 0 Å². The van der Waals surface area contributed by atoms with E-state index in [0.29, 0.717) is 31.7 Å². The van der Waals surface area contributed by atoms with Crippen LogP contribution in [0, 0.1) is 0 Å². The molecule has 1 saturated heterocycles. The van der Waals surface area contributed by atoms with Crippen molar-refractivity contribution >= 4 is 15.9 Å². The van der Waals surface area contributed by atoms with Gasteiger partial charge in [0.15, 0.2) is 0 Å². The average Bonchev–Trinajstić information content (AvgIpc) is 2.87. The summed E-state index contributed by atoms with van der Waals surface area (Å²) in [7, 11) is -0.663. The van der Waals surface area contributed by atoms with E-state index in [4.69, 9.17) is 9.47 Å². The number of benzene rings is 2. The molecule has 0 atom stereocenters. The predicted octanol–water partition coefficient (Wildman–Crippen LogP) is 2.73. The van der Waals surface area contributed by atoms with Crippen molar-refractivity contribution in [2.75, 3.05) is 60.0 Å². The number of amides is 1. The second-order valence-corrected chi connectivity index (χ2v) is 10.1. The van der Waals surface area contributed by atoms with E-state index >= 15 is 0 Å². The zero-order valence-electron chi connectivity index (χ0n) is 20.5. The van der Waals surface area contributed by atoms with Gasteiger partial charge in [-0.1, -0.05) is 26.0 Å². The van der Waals surface area contributed by atoms with Gasteiger partial charge in [-0.3, -0.25) is 9.69 Å². The van der Waals surface area contributed by atoms with E-state index in [0.717, 1.165) is 31.8 Å². The second-order valence-electron chi connectivity index (χ2n) is 8.19. The Hall–Kier alpha value is -2.62. The number of rotatable bonds is 10. The molecule has 0 aliphatic carbocycles. The molecule has 1 heterocycles. The maximum atomic E-state index is 13.2. The third-order valence-electron chi connectivity index (χ3n) is 6.27. The van der Waals surface area contributed by atoms with E-state index < -0.39 is 10.0 Å². The van der Waals surface area contributed by atoms with Crippen molar-refractivity contribution in [3.63, 3.8) is 0 Å². The Labute approximate surface area is 203 Å². The number of hydrogen-bond acceptors (Lipinski definition) is 6. The molecule has 2 aromatic rings. The van der Waals surface area contributed by atoms with Crippen molar-refractivity contribution < 1.29 is 22.7 Å². The van der Waals surface area contributed by atoms with Crippen LogP contribution in [-0.4, -0.2) is 88.5 Å². The molecule has 1 amide bonds. The van der Waals surface area contributed by atoms with Crippen LogP contribution in [0.4, 0.5) is 0 Å². The first-order chi connectivity index (χ1) is 16.3. The smallest absolute Gasteiger partial charge is 0.253 e. The summed E-state index contributed by atoms with van der Waals surface area (Å²) < 4.78 is 38.1. The monoisotopic (exact) mass is 489 g/mol. The number of carbonyl (C=O) groups excluding carboxylic acids is 1. The number of ether oxygens (including phenoxy) is 2. The van der Waals surface area contributed by atoms with Crippen LogP contribution in [0.25, 0.3) is 0 Å². The largest absolute Gasteiger partial charge is 0.497 e. The van der Waals surface area contributed by atoms with Crippen LogP contribution in [0.15, 0.2) is 47.4 Å². The quantitative estimate of drug-likeness (QED) is 0.511. The van der Waals surface area contributed by atoms with Gasteiger partial charge in [0, 0.05) is 51.4 Å². The van der Waals surface area contributed by atoms with Crippen molar-refractivity contribution in [2.24, 2.45) is 0 Å². The third kappa shape index (κ3) is 5.89. The normalized spacial score (nSPS) is 14.9. The topological polar surface area (TPSA) is 79.4 Å². The predicted molar refractivity (Wildman–Crippen MR) is 132 cm³/mol. The molecule has 0 radical (unpaired) electrons. The van der Waals surface area contributed by atoms with E-state index in [1.54, 1.807) is 38.0 Å². The average molecular weight is 490 g/mol. The Bertz CT molecular complexity index is 1060. The van der Waals surface area contributed by atoms with E-state index in [2.05, 4.69) is 17.0 Å². The maximum absolute atomic E-state index is 13.2. The second kappa shape index (κ2) is 11.7. The molecule has 0 aromatic heterocycles. The molecule has 0 saturated carbocycles. The lowest BCUT2D eigenvalue weighted by molar-refractivity contribution is 0.0638. The summed E-state index contributed by atoms with van der Waals surface area (Å²) in [5.41, 5.74) is 1.61. The highest BCUT2D eigenvalue weighted by atomic mass is 32.2. The van der Waals surface area contributed by atoms with Crippen molar-refractivity contribution in [2.45, 2.75) is 25.2 Å². The minimum atomic E-state index is -3.76. The van der Waals surface area contributed by atoms with Gasteiger partial charge in [-0.2, -0.15) is 4.31 Å². The lowest BCUT2D eigenvalue weighted by Crippen LogP contribution is -2.49. The molecule has 8 nitrogen and oxygen atoms in total. The lowest BCUT2D eigenvalue weighted by Gasteiger charge is -2.35. The molecular formula is C25H35N3O5S. The van der Waals surface area contributed by atoms with Gasteiger partial charge in [0.2, 0.25) is 10.0 Å². The first-order valence-electron chi connectivity index (χ1n) is 11.7. The van der Waals surface area contributed by atoms with Gasteiger partial charge in [0.1, 0.15) is 16.4 Å². The van der Waals surface area contributed by atoms with Crippen LogP contribution in [0.3, 0.4) is 0 Å². The number of sulfonamides is 1. The summed E-state index contributed by atoms with van der Waals surface area (Å²) in [4.78, 5) is 17.3. The highest BCUT2D eigenvalue weighted by molar-refractivity contribution is 7.89. The van der Waals surface area contributed by atoms with Crippen molar-refractivity contribution in [3.8, 4) is 11.5 Å². The van der Waals surface area contributed by atoms with Crippen LogP contribution in [-0.2, 0) is 16.4 Å². The molecule has 3 rings (SSSR count). The van der Waals surface area contributed by atoms with E-state index in [1.807, 2.05) is 12.1 Å². The van der Waals surface area contributed by atoms with Gasteiger partial charge in [0.05, 0.1) is 14.2 Å². The fourth-order valence-electron chi connectivity index (χ4n) is 4.15. The first kappa shape index (κ1) is 26.0. The number of hydrogen-bond donors (Lipinski definition) is 0. The number of methoxy groups -OCH3 is 2. The van der Waals surface area contributed by atoms with Crippen LogP contribution in [0.2, 0.25) is 0 Å². The highest BCUT2D eigenvalue weighted by Crippen LogP contribution is 2.28. The van der Waals surface area contributed by atoms with Gasteiger partial charge in [-0.15, -0.1) is 0 Å². The minimum absolute atomic E-state index is 0.0303. The Kier molecular flexibility index (Phi) is 8.93. The summed E-state index contributed by atoms with van der Waals surface area (Å²) >= 11 is 0. The van der Waals surface area contributed by atoms with Gasteiger partial charge in [-0.25, -0.2) is 8.42 Å². The van der Waals surface area contributed by atoms with Gasteiger partial charge in [-0.05, 0) is 42.3 Å². The first-order valence-corrected chi connectivity index (χ1v) is 13.1. The summed E-state index contributed by atoms with van der Waals surface area (Å²) in [5.74, 6) is 0.933. The lowest BCUT2D eigenvalue weighted by atomic mass is 10.1. The standard InChI is InChI=1S/C25H35N3O5S/c1-5-28(6-2)34(30,31)24-19-21(9-12-23(24)33-4)25(29)27-17-15-26(16-18-27)14-13-20-7-10-22(32-3)11-8-20/h7-12,19H,5-6,13-18H2,1-4H3. The SMILES string of the molecule is CCN(CC)S(=O)(=O)c1cc(C(=O)N2CCN(CCc3ccc(OC)cc3)CC2)ccc1OC. The molecule has 0 N–H and O–H groups in total. The number of piperazine rings is 1. The molecule has 34 heavy (non-hydrogen) atoms. The molecule has 1 fully saturated rings. The molecule has 9 heteroatoms. The fourth-order valence-corrected chi connectivity index (χ4v) is 5.79. The van der Waals surface area contributed by atoms with Crippen molar-refractivity contribution in [1.29, 1.82) is 0 Å². The molecule has 2 aromatic carbocycles. The molecule has 0 unspecified atom stereocenters. The molecule has 1 aliphatic rings. The summed E-state index contributed by atoms with van der Waals surface area (Å²) in [5, 5.41) is 0. The van der Waals surface area contributed by atoms with Crippen LogP contribution < -0.4 is 9.47 Å². The number of nitrogens with zero attached hydrogens (tertiary/aromatic N) is 3. The summed E-state index contributed by atoms with van der Waals surface area (Å²) in [6.07, 6.45) is 0.934. The van der Waals surface area contributed by atoms with E-state index in [1.165, 1.54) is 23.0 Å². The minimum Gasteiger partial charge on any atom is -0.497 e. The molecule has 186 valence electrons. The van der Waals surface area contributed by atoms with E-state index in [-0.39, 0.29) is 16.6 Å². The Morgan fingerprint density at radius 1 is 0.941 bits per heavy atom. The summed E-state index contributed by atoms with van der Waals surface area (Å²) in [6.45, 7) is 7.95. The maximum Gasteiger partial charge on any atom is 0.253 e. The third-order valence-corrected chi connectivity index (χ3v) is 8.34. The Morgan fingerprint density at radius 3 is 2.15 bits per heavy atom. The van der Waals surface area contributed by atoms with Crippen LogP contribution in [0.5, 0.6) is 11.5 Å². The van der Waals surface area contributed by atoms with Crippen LogP contribution in [0.1, 0.15) is 29.8 Å². The van der Waals surface area contributed by atoms with Crippen molar-refractivity contribution in [1.82, 2.24) is 14.1 Å². The highest BCUT2D eigenvalue weighted by Gasteiger charge is 2.28. The van der Waals surface area contributed by atoms with E-state index in [9.17, 15) is 13.2 Å². The van der Waals surface area contributed by atoms with Crippen molar-refractivity contribution in [3.05, 3.63) is 53.6 Å². The fraction of sp³-hybridized carbons (Fsp3) is 0.480.